The Balaban J connectivity index is 1.75. The van der Waals surface area contributed by atoms with Crippen LogP contribution in [0, 0.1) is 5.82 Å². The van der Waals surface area contributed by atoms with Crippen molar-refractivity contribution in [3.8, 4) is 5.75 Å². The van der Waals surface area contributed by atoms with E-state index in [0.29, 0.717) is 18.8 Å². The van der Waals surface area contributed by atoms with Crippen LogP contribution in [0.1, 0.15) is 19.3 Å². The van der Waals surface area contributed by atoms with Crippen LogP contribution in [0.5, 0.6) is 5.75 Å². The smallest absolute Gasteiger partial charge is 0.243 e. The van der Waals surface area contributed by atoms with Crippen LogP contribution in [0.15, 0.2) is 47.4 Å². The molecule has 0 spiro atoms. The van der Waals surface area contributed by atoms with E-state index in [1.807, 2.05) is 0 Å². The fourth-order valence-electron chi connectivity index (χ4n) is 3.17. The molecule has 0 aliphatic carbocycles. The minimum atomic E-state index is -3.64. The molecule has 2 aromatic carbocycles. The van der Waals surface area contributed by atoms with Gasteiger partial charge < -0.3 is 15.4 Å². The maximum atomic E-state index is 13.7. The molecule has 0 radical (unpaired) electrons. The highest BCUT2D eigenvalue weighted by Crippen LogP contribution is 2.30. The standard InChI is InChI=1S/C20H24FN3O4S/c1-28-19-10-9-15(29(26,27)24-11-5-2-6-12-24)13-18(19)23-20(25)14-22-17-8-4-3-7-16(17)21/h3-4,7-10,13,22H,2,5-6,11-12,14H2,1H3,(H,23,25). The summed E-state index contributed by atoms with van der Waals surface area (Å²) >= 11 is 0. The summed E-state index contributed by atoms with van der Waals surface area (Å²) in [4.78, 5) is 12.4. The van der Waals surface area contributed by atoms with Gasteiger partial charge in [0.25, 0.3) is 0 Å². The third-order valence-electron chi connectivity index (χ3n) is 4.71. The molecule has 9 heteroatoms. The Morgan fingerprint density at radius 2 is 1.83 bits per heavy atom. The zero-order chi connectivity index (χ0) is 20.9. The molecule has 1 heterocycles. The Kier molecular flexibility index (Phi) is 6.71. The summed E-state index contributed by atoms with van der Waals surface area (Å²) in [6.45, 7) is 0.790. The quantitative estimate of drug-likeness (QED) is 0.718. The fraction of sp³-hybridized carbons (Fsp3) is 0.350. The topological polar surface area (TPSA) is 87.7 Å². The van der Waals surface area contributed by atoms with Gasteiger partial charge in [-0.25, -0.2) is 12.8 Å². The van der Waals surface area contributed by atoms with Crippen LogP contribution in [-0.4, -0.2) is 45.4 Å². The lowest BCUT2D eigenvalue weighted by molar-refractivity contribution is -0.114. The highest BCUT2D eigenvalue weighted by atomic mass is 32.2. The highest BCUT2D eigenvalue weighted by molar-refractivity contribution is 7.89. The Morgan fingerprint density at radius 1 is 1.10 bits per heavy atom. The van der Waals surface area contributed by atoms with Crippen LogP contribution in [0.2, 0.25) is 0 Å². The SMILES string of the molecule is COc1ccc(S(=O)(=O)N2CCCCC2)cc1NC(=O)CNc1ccccc1F. The molecule has 156 valence electrons. The second-order valence-corrected chi connectivity index (χ2v) is 8.65. The maximum Gasteiger partial charge on any atom is 0.243 e. The molecule has 1 fully saturated rings. The number of carbonyl (C=O) groups excluding carboxylic acids is 1. The Labute approximate surface area is 169 Å². The molecule has 2 aromatic rings. The minimum Gasteiger partial charge on any atom is -0.495 e. The molecule has 0 atom stereocenters. The van der Waals surface area contributed by atoms with Crippen molar-refractivity contribution in [2.24, 2.45) is 0 Å². The average Bonchev–Trinajstić information content (AvgIpc) is 2.73. The van der Waals surface area contributed by atoms with Gasteiger partial charge in [-0.3, -0.25) is 4.79 Å². The van der Waals surface area contributed by atoms with Crippen LogP contribution in [0.25, 0.3) is 0 Å². The van der Waals surface area contributed by atoms with Gasteiger partial charge in [0.2, 0.25) is 15.9 Å². The third kappa shape index (κ3) is 5.04. The number of ether oxygens (including phenoxy) is 1. The second-order valence-electron chi connectivity index (χ2n) is 6.71. The summed E-state index contributed by atoms with van der Waals surface area (Å²) < 4.78 is 46.1. The van der Waals surface area contributed by atoms with Gasteiger partial charge in [-0.05, 0) is 43.2 Å². The number of sulfonamides is 1. The Morgan fingerprint density at radius 3 is 2.52 bits per heavy atom. The van der Waals surface area contributed by atoms with E-state index < -0.39 is 21.7 Å². The van der Waals surface area contributed by atoms with Crippen molar-refractivity contribution in [2.45, 2.75) is 24.2 Å². The van der Waals surface area contributed by atoms with E-state index in [-0.39, 0.29) is 22.8 Å². The third-order valence-corrected chi connectivity index (χ3v) is 6.61. The van der Waals surface area contributed by atoms with Crippen LogP contribution in [0.3, 0.4) is 0 Å². The van der Waals surface area contributed by atoms with Gasteiger partial charge in [0.1, 0.15) is 11.6 Å². The maximum absolute atomic E-state index is 13.7. The first-order valence-electron chi connectivity index (χ1n) is 9.38. The molecule has 2 N–H and O–H groups in total. The fourth-order valence-corrected chi connectivity index (χ4v) is 4.72. The van der Waals surface area contributed by atoms with Gasteiger partial charge in [-0.1, -0.05) is 18.6 Å². The van der Waals surface area contributed by atoms with Crippen LogP contribution in [0.4, 0.5) is 15.8 Å². The molecule has 0 bridgehead atoms. The predicted molar refractivity (Wildman–Crippen MR) is 109 cm³/mol. The summed E-state index contributed by atoms with van der Waals surface area (Å²) in [5, 5.41) is 5.35. The monoisotopic (exact) mass is 421 g/mol. The number of hydrogen-bond donors (Lipinski definition) is 2. The zero-order valence-corrected chi connectivity index (χ0v) is 17.0. The number of anilines is 2. The Hall–Kier alpha value is -2.65. The zero-order valence-electron chi connectivity index (χ0n) is 16.2. The summed E-state index contributed by atoms with van der Waals surface area (Å²) in [5.74, 6) is -0.589. The molecular weight excluding hydrogens is 397 g/mol. The number of nitrogens with zero attached hydrogens (tertiary/aromatic N) is 1. The normalized spacial score (nSPS) is 15.0. The molecule has 0 saturated carbocycles. The van der Waals surface area contributed by atoms with Gasteiger partial charge in [0, 0.05) is 13.1 Å². The largest absolute Gasteiger partial charge is 0.495 e. The molecule has 29 heavy (non-hydrogen) atoms. The molecule has 1 aliphatic rings. The van der Waals surface area contributed by atoms with Gasteiger partial charge in [0.15, 0.2) is 0 Å². The van der Waals surface area contributed by atoms with E-state index in [1.165, 1.54) is 41.7 Å². The molecule has 3 rings (SSSR count). The van der Waals surface area contributed by atoms with E-state index in [4.69, 9.17) is 4.74 Å². The number of para-hydroxylation sites is 1. The molecular formula is C20H24FN3O4S. The van der Waals surface area contributed by atoms with Gasteiger partial charge in [0.05, 0.1) is 29.9 Å². The van der Waals surface area contributed by atoms with Crippen LogP contribution >= 0.6 is 0 Å². The van der Waals surface area contributed by atoms with Crippen molar-refractivity contribution in [1.82, 2.24) is 4.31 Å². The molecule has 1 amide bonds. The Bertz CT molecular complexity index is 975. The van der Waals surface area contributed by atoms with Gasteiger partial charge >= 0.3 is 0 Å². The second kappa shape index (κ2) is 9.23. The van der Waals surface area contributed by atoms with E-state index in [0.717, 1.165) is 19.3 Å². The molecule has 7 nitrogen and oxygen atoms in total. The van der Waals surface area contributed by atoms with Gasteiger partial charge in [-0.2, -0.15) is 4.31 Å². The first kappa shape index (κ1) is 21.1. The van der Waals surface area contributed by atoms with Gasteiger partial charge in [-0.15, -0.1) is 0 Å². The van der Waals surface area contributed by atoms with Crippen molar-refractivity contribution in [1.29, 1.82) is 0 Å². The number of amides is 1. The number of carbonyl (C=O) groups is 1. The van der Waals surface area contributed by atoms with E-state index in [1.54, 1.807) is 12.1 Å². The summed E-state index contributed by atoms with van der Waals surface area (Å²) in [6.07, 6.45) is 2.69. The lowest BCUT2D eigenvalue weighted by Crippen LogP contribution is -2.35. The van der Waals surface area contributed by atoms with Crippen molar-refractivity contribution >= 4 is 27.3 Å². The lowest BCUT2D eigenvalue weighted by Gasteiger charge is -2.26. The number of hydrogen-bond acceptors (Lipinski definition) is 5. The summed E-state index contributed by atoms with van der Waals surface area (Å²) in [5.41, 5.74) is 0.446. The van der Waals surface area contributed by atoms with E-state index in [2.05, 4.69) is 10.6 Å². The predicted octanol–water partition coefficient (Wildman–Crippen LogP) is 3.06. The molecule has 1 aliphatic heterocycles. The van der Waals surface area contributed by atoms with Crippen molar-refractivity contribution in [3.05, 3.63) is 48.3 Å². The number of methoxy groups -OCH3 is 1. The van der Waals surface area contributed by atoms with Crippen LogP contribution in [-0.2, 0) is 14.8 Å². The van der Waals surface area contributed by atoms with Crippen molar-refractivity contribution in [2.75, 3.05) is 37.4 Å². The van der Waals surface area contributed by atoms with Crippen molar-refractivity contribution < 1.29 is 22.3 Å². The molecule has 0 unspecified atom stereocenters. The average molecular weight is 421 g/mol. The summed E-state index contributed by atoms with van der Waals surface area (Å²) in [6, 6.07) is 10.4. The highest BCUT2D eigenvalue weighted by Gasteiger charge is 2.27. The van der Waals surface area contributed by atoms with E-state index in [9.17, 15) is 17.6 Å². The van der Waals surface area contributed by atoms with Crippen molar-refractivity contribution in [3.63, 3.8) is 0 Å². The van der Waals surface area contributed by atoms with Crippen LogP contribution < -0.4 is 15.4 Å². The number of benzene rings is 2. The first-order valence-corrected chi connectivity index (χ1v) is 10.8. The van der Waals surface area contributed by atoms with E-state index >= 15 is 0 Å². The lowest BCUT2D eigenvalue weighted by atomic mass is 10.2. The molecule has 1 saturated heterocycles. The number of nitrogens with one attached hydrogen (secondary N) is 2. The number of rotatable bonds is 7. The molecule has 0 aromatic heterocycles. The minimum absolute atomic E-state index is 0.0950. The summed E-state index contributed by atoms with van der Waals surface area (Å²) in [7, 11) is -2.21. The number of halogens is 1. The first-order chi connectivity index (χ1) is 13.9. The number of piperidine rings is 1.